The van der Waals surface area contributed by atoms with E-state index in [1.807, 2.05) is 19.9 Å². The van der Waals surface area contributed by atoms with Crippen molar-refractivity contribution >= 4 is 21.6 Å². The molecule has 1 aliphatic rings. The Kier molecular flexibility index (Phi) is 5.10. The van der Waals surface area contributed by atoms with Crippen LogP contribution in [0.25, 0.3) is 5.82 Å². The van der Waals surface area contributed by atoms with Gasteiger partial charge in [-0.05, 0) is 44.9 Å². The van der Waals surface area contributed by atoms with Gasteiger partial charge in [0.2, 0.25) is 15.9 Å². The third-order valence-electron chi connectivity index (χ3n) is 4.54. The van der Waals surface area contributed by atoms with Crippen molar-refractivity contribution in [1.29, 1.82) is 0 Å². The minimum absolute atomic E-state index is 0.0983. The number of nitrogens with zero attached hydrogens (tertiary/aromatic N) is 4. The van der Waals surface area contributed by atoms with E-state index in [2.05, 4.69) is 15.4 Å². The lowest BCUT2D eigenvalue weighted by atomic mass is 9.97. The molecule has 0 bridgehead atoms. The molecule has 2 aromatic heterocycles. The van der Waals surface area contributed by atoms with E-state index in [1.165, 1.54) is 10.6 Å². The fourth-order valence-corrected chi connectivity index (χ4v) is 4.01. The highest BCUT2D eigenvalue weighted by Crippen LogP contribution is 2.21. The molecule has 140 valence electrons. The molecule has 0 unspecified atom stereocenters. The SMILES string of the molecule is Cc1cc(C)n(-c2ccc(NC(=O)C3CCN(S(C)(=O)=O)CC3)cn2)n1. The molecule has 9 heteroatoms. The van der Waals surface area contributed by atoms with Gasteiger partial charge in [0.1, 0.15) is 0 Å². The van der Waals surface area contributed by atoms with Crippen molar-refractivity contribution in [3.05, 3.63) is 35.8 Å². The van der Waals surface area contributed by atoms with Gasteiger partial charge in [0, 0.05) is 24.7 Å². The van der Waals surface area contributed by atoms with Gasteiger partial charge in [-0.1, -0.05) is 0 Å². The lowest BCUT2D eigenvalue weighted by Crippen LogP contribution is -2.40. The van der Waals surface area contributed by atoms with Crippen molar-refractivity contribution in [1.82, 2.24) is 19.1 Å². The standard InChI is InChI=1S/C17H23N5O3S/c1-12-10-13(2)22(20-12)16-5-4-15(11-18-16)19-17(23)14-6-8-21(9-7-14)26(3,24)25/h4-5,10-11,14H,6-9H2,1-3H3,(H,19,23). The van der Waals surface area contributed by atoms with Crippen LogP contribution in [0.1, 0.15) is 24.2 Å². The number of carbonyl (C=O) groups is 1. The fraction of sp³-hybridized carbons (Fsp3) is 0.471. The molecule has 3 rings (SSSR count). The molecule has 1 saturated heterocycles. The minimum Gasteiger partial charge on any atom is -0.324 e. The molecule has 0 atom stereocenters. The monoisotopic (exact) mass is 377 g/mol. The summed E-state index contributed by atoms with van der Waals surface area (Å²) in [7, 11) is -3.18. The van der Waals surface area contributed by atoms with E-state index < -0.39 is 10.0 Å². The van der Waals surface area contributed by atoms with Gasteiger partial charge in [-0.3, -0.25) is 4.79 Å². The summed E-state index contributed by atoms with van der Waals surface area (Å²) in [6.45, 7) is 4.64. The minimum atomic E-state index is -3.18. The highest BCUT2D eigenvalue weighted by Gasteiger charge is 2.28. The lowest BCUT2D eigenvalue weighted by Gasteiger charge is -2.29. The predicted molar refractivity (Wildman–Crippen MR) is 98.6 cm³/mol. The maximum absolute atomic E-state index is 12.4. The van der Waals surface area contributed by atoms with E-state index in [9.17, 15) is 13.2 Å². The quantitative estimate of drug-likeness (QED) is 0.871. The second-order valence-corrected chi connectivity index (χ2v) is 8.65. The number of aryl methyl sites for hydroxylation is 2. The Morgan fingerprint density at radius 3 is 2.42 bits per heavy atom. The number of anilines is 1. The number of nitrogens with one attached hydrogen (secondary N) is 1. The number of piperidine rings is 1. The van der Waals surface area contributed by atoms with E-state index in [-0.39, 0.29) is 11.8 Å². The van der Waals surface area contributed by atoms with Crippen LogP contribution >= 0.6 is 0 Å². The number of hydrogen-bond acceptors (Lipinski definition) is 5. The highest BCUT2D eigenvalue weighted by atomic mass is 32.2. The number of aromatic nitrogens is 3. The Morgan fingerprint density at radius 1 is 1.23 bits per heavy atom. The first-order valence-corrected chi connectivity index (χ1v) is 10.3. The number of rotatable bonds is 4. The van der Waals surface area contributed by atoms with Crippen LogP contribution in [-0.2, 0) is 14.8 Å². The summed E-state index contributed by atoms with van der Waals surface area (Å²) >= 11 is 0. The van der Waals surface area contributed by atoms with Crippen molar-refractivity contribution in [2.24, 2.45) is 5.92 Å². The molecule has 0 aliphatic carbocycles. The van der Waals surface area contributed by atoms with Crippen molar-refractivity contribution in [3.63, 3.8) is 0 Å². The molecular weight excluding hydrogens is 354 g/mol. The van der Waals surface area contributed by atoms with Gasteiger partial charge < -0.3 is 5.32 Å². The molecule has 3 heterocycles. The fourth-order valence-electron chi connectivity index (χ4n) is 3.14. The summed E-state index contributed by atoms with van der Waals surface area (Å²) in [6.07, 6.45) is 3.85. The number of pyridine rings is 1. The zero-order valence-corrected chi connectivity index (χ0v) is 16.0. The zero-order valence-electron chi connectivity index (χ0n) is 15.1. The van der Waals surface area contributed by atoms with Crippen LogP contribution in [0.3, 0.4) is 0 Å². The van der Waals surface area contributed by atoms with Gasteiger partial charge >= 0.3 is 0 Å². The third-order valence-corrected chi connectivity index (χ3v) is 5.84. The Labute approximate surface area is 153 Å². The van der Waals surface area contributed by atoms with Crippen molar-refractivity contribution < 1.29 is 13.2 Å². The largest absolute Gasteiger partial charge is 0.324 e. The molecule has 1 amide bonds. The van der Waals surface area contributed by atoms with Gasteiger partial charge in [0.25, 0.3) is 0 Å². The first-order chi connectivity index (χ1) is 12.2. The highest BCUT2D eigenvalue weighted by molar-refractivity contribution is 7.88. The van der Waals surface area contributed by atoms with Crippen LogP contribution < -0.4 is 5.32 Å². The van der Waals surface area contributed by atoms with Gasteiger partial charge in [0.15, 0.2) is 5.82 Å². The van der Waals surface area contributed by atoms with Crippen LogP contribution in [0, 0.1) is 19.8 Å². The number of sulfonamides is 1. The molecule has 2 aromatic rings. The van der Waals surface area contributed by atoms with Crippen LogP contribution in [0.4, 0.5) is 5.69 Å². The van der Waals surface area contributed by atoms with Gasteiger partial charge in [0.05, 0.1) is 23.8 Å². The molecule has 0 aromatic carbocycles. The number of amides is 1. The number of hydrogen-bond donors (Lipinski definition) is 1. The van der Waals surface area contributed by atoms with Crippen LogP contribution in [-0.4, -0.2) is 52.7 Å². The van der Waals surface area contributed by atoms with E-state index in [1.54, 1.807) is 23.0 Å². The van der Waals surface area contributed by atoms with E-state index in [4.69, 9.17) is 0 Å². The smallest absolute Gasteiger partial charge is 0.227 e. The molecule has 0 spiro atoms. The molecule has 1 aliphatic heterocycles. The Morgan fingerprint density at radius 2 is 1.92 bits per heavy atom. The molecular formula is C17H23N5O3S. The third kappa shape index (κ3) is 4.10. The normalized spacial score (nSPS) is 16.6. The summed E-state index contributed by atoms with van der Waals surface area (Å²) in [4.78, 5) is 16.8. The molecule has 1 N–H and O–H groups in total. The second kappa shape index (κ2) is 7.16. The summed E-state index contributed by atoms with van der Waals surface area (Å²) in [6, 6.07) is 5.57. The van der Waals surface area contributed by atoms with E-state index in [0.717, 1.165) is 11.4 Å². The first-order valence-electron chi connectivity index (χ1n) is 8.50. The molecule has 0 radical (unpaired) electrons. The maximum atomic E-state index is 12.4. The topological polar surface area (TPSA) is 97.2 Å². The maximum Gasteiger partial charge on any atom is 0.227 e. The Hall–Kier alpha value is -2.26. The average molecular weight is 377 g/mol. The summed E-state index contributed by atoms with van der Waals surface area (Å²) in [5.74, 6) is 0.401. The predicted octanol–water partition coefficient (Wildman–Crippen LogP) is 1.49. The van der Waals surface area contributed by atoms with Gasteiger partial charge in [-0.15, -0.1) is 0 Å². The lowest BCUT2D eigenvalue weighted by molar-refractivity contribution is -0.120. The van der Waals surface area contributed by atoms with Crippen LogP contribution in [0.15, 0.2) is 24.4 Å². The molecule has 1 fully saturated rings. The van der Waals surface area contributed by atoms with Gasteiger partial charge in [-0.2, -0.15) is 5.10 Å². The Bertz CT molecular complexity index is 897. The molecule has 26 heavy (non-hydrogen) atoms. The van der Waals surface area contributed by atoms with Crippen LogP contribution in [0.2, 0.25) is 0 Å². The van der Waals surface area contributed by atoms with Crippen molar-refractivity contribution in [2.45, 2.75) is 26.7 Å². The van der Waals surface area contributed by atoms with Crippen molar-refractivity contribution in [2.75, 3.05) is 24.7 Å². The second-order valence-electron chi connectivity index (χ2n) is 6.67. The van der Waals surface area contributed by atoms with Crippen LogP contribution in [0.5, 0.6) is 0 Å². The van der Waals surface area contributed by atoms with Crippen molar-refractivity contribution in [3.8, 4) is 5.82 Å². The summed E-state index contributed by atoms with van der Waals surface area (Å²) < 4.78 is 26.2. The Balaban J connectivity index is 1.61. The van der Waals surface area contributed by atoms with Gasteiger partial charge in [-0.25, -0.2) is 22.4 Å². The molecule has 0 saturated carbocycles. The molecule has 8 nitrogen and oxygen atoms in total. The summed E-state index contributed by atoms with van der Waals surface area (Å²) in [5.41, 5.74) is 2.53. The average Bonchev–Trinajstić information content (AvgIpc) is 2.93. The van der Waals surface area contributed by atoms with E-state index >= 15 is 0 Å². The zero-order chi connectivity index (χ0) is 18.9. The number of carbonyl (C=O) groups excluding carboxylic acids is 1. The van der Waals surface area contributed by atoms with E-state index in [0.29, 0.717) is 37.4 Å². The first kappa shape index (κ1) is 18.5. The summed E-state index contributed by atoms with van der Waals surface area (Å²) in [5, 5.41) is 7.25.